The van der Waals surface area contributed by atoms with Crippen molar-refractivity contribution in [3.8, 4) is 0 Å². The molecule has 2 aliphatic carbocycles. The maximum atomic E-state index is 13.2. The number of alkyl halides is 2. The molecule has 0 aromatic heterocycles. The van der Waals surface area contributed by atoms with Crippen molar-refractivity contribution in [2.45, 2.75) is 42.5 Å². The van der Waals surface area contributed by atoms with Gasteiger partial charge in [-0.05, 0) is 98.0 Å². The molecule has 43 heavy (non-hydrogen) atoms. The van der Waals surface area contributed by atoms with Crippen molar-refractivity contribution in [2.24, 2.45) is 5.92 Å². The van der Waals surface area contributed by atoms with E-state index in [4.69, 9.17) is 51.1 Å². The minimum Gasteiger partial charge on any atom is -0.438 e. The topological polar surface area (TPSA) is 96.5 Å². The van der Waals surface area contributed by atoms with Crippen LogP contribution in [0.4, 0.5) is 21.9 Å². The second-order valence-corrected chi connectivity index (χ2v) is 14.1. The number of nitrogens with one attached hydrogen (secondary N) is 3. The summed E-state index contributed by atoms with van der Waals surface area (Å²) in [5.74, 6) is -2.11. The molecule has 2 aliphatic rings. The Labute approximate surface area is 277 Å². The van der Waals surface area contributed by atoms with Crippen LogP contribution in [-0.4, -0.2) is 27.8 Å². The predicted octanol–water partition coefficient (Wildman–Crippen LogP) is 9.50. The Morgan fingerprint density at radius 1 is 0.977 bits per heavy atom. The van der Waals surface area contributed by atoms with E-state index in [0.717, 1.165) is 28.5 Å². The van der Waals surface area contributed by atoms with E-state index >= 15 is 0 Å². The van der Waals surface area contributed by atoms with Crippen LogP contribution in [0.1, 0.15) is 47.2 Å². The Bertz CT molecular complexity index is 1660. The molecule has 0 aliphatic heterocycles. The van der Waals surface area contributed by atoms with Crippen LogP contribution in [-0.2, 0) is 9.53 Å². The van der Waals surface area contributed by atoms with Crippen LogP contribution >= 0.6 is 62.3 Å². The highest BCUT2D eigenvalue weighted by atomic mass is 79.9. The summed E-state index contributed by atoms with van der Waals surface area (Å²) in [5, 5.41) is 9.01. The molecule has 2 saturated carbocycles. The van der Waals surface area contributed by atoms with Crippen LogP contribution in [0.5, 0.6) is 0 Å². The van der Waals surface area contributed by atoms with Crippen LogP contribution in [0.15, 0.2) is 71.2 Å². The van der Waals surface area contributed by atoms with Gasteiger partial charge in [-0.2, -0.15) is 0 Å². The number of carbonyl (C=O) groups is 3. The van der Waals surface area contributed by atoms with E-state index < -0.39 is 39.7 Å². The number of hydrogen-bond acceptors (Lipinski definition) is 4. The summed E-state index contributed by atoms with van der Waals surface area (Å²) >= 11 is 28.9. The monoisotopic (exact) mass is 723 g/mol. The number of carbonyl (C=O) groups excluding carboxylic acids is 3. The molecule has 0 heterocycles. The summed E-state index contributed by atoms with van der Waals surface area (Å²) in [6.45, 7) is 7.54. The molecule has 3 N–H and O–H groups in total. The van der Waals surface area contributed by atoms with Crippen molar-refractivity contribution < 1.29 is 19.1 Å². The SMILES string of the molecule is C=C1CCC1(C)OC(=O)Nc1ccc(NC(=O)c2cc(NC(=O)C3C(c4cc(Cl)cc(Br)c4)C3(Cl)Cl)ccc2Cl)c(C)c1. The van der Waals surface area contributed by atoms with E-state index in [1.807, 2.05) is 13.0 Å². The molecule has 3 atom stereocenters. The predicted molar refractivity (Wildman–Crippen MR) is 176 cm³/mol. The molecule has 2 fully saturated rings. The number of anilines is 3. The number of hydrogen-bond donors (Lipinski definition) is 3. The summed E-state index contributed by atoms with van der Waals surface area (Å²) in [4.78, 5) is 38.7. The molecule has 0 bridgehead atoms. The van der Waals surface area contributed by atoms with Gasteiger partial charge in [0.15, 0.2) is 0 Å². The van der Waals surface area contributed by atoms with Crippen molar-refractivity contribution in [3.05, 3.63) is 98.0 Å². The molecule has 3 aromatic carbocycles. The lowest BCUT2D eigenvalue weighted by atomic mass is 9.77. The molecule has 3 aromatic rings. The highest BCUT2D eigenvalue weighted by Crippen LogP contribution is 2.65. The molecule has 0 spiro atoms. The second-order valence-electron chi connectivity index (χ2n) is 10.8. The molecular formula is C31H26BrCl4N3O4. The first-order valence-electron chi connectivity index (χ1n) is 13.2. The zero-order chi connectivity index (χ0) is 31.3. The van der Waals surface area contributed by atoms with Crippen molar-refractivity contribution in [2.75, 3.05) is 16.0 Å². The van der Waals surface area contributed by atoms with Gasteiger partial charge in [0, 0.05) is 32.5 Å². The van der Waals surface area contributed by atoms with Gasteiger partial charge in [0.05, 0.1) is 16.5 Å². The lowest BCUT2D eigenvalue weighted by Gasteiger charge is -2.39. The van der Waals surface area contributed by atoms with Crippen LogP contribution in [0.3, 0.4) is 0 Å². The Hall–Kier alpha value is -2.75. The van der Waals surface area contributed by atoms with Gasteiger partial charge in [-0.3, -0.25) is 14.9 Å². The smallest absolute Gasteiger partial charge is 0.412 e. The second kappa shape index (κ2) is 12.0. The number of amides is 3. The zero-order valence-corrected chi connectivity index (χ0v) is 27.6. The maximum Gasteiger partial charge on any atom is 0.412 e. The number of benzene rings is 3. The van der Waals surface area contributed by atoms with E-state index in [0.29, 0.717) is 27.6 Å². The largest absolute Gasteiger partial charge is 0.438 e. The minimum absolute atomic E-state index is 0.146. The quantitative estimate of drug-likeness (QED) is 0.167. The fraction of sp³-hybridized carbons (Fsp3) is 0.258. The van der Waals surface area contributed by atoms with Gasteiger partial charge in [0.25, 0.3) is 5.91 Å². The van der Waals surface area contributed by atoms with Crippen molar-refractivity contribution in [1.82, 2.24) is 0 Å². The summed E-state index contributed by atoms with van der Waals surface area (Å²) in [6, 6.07) is 14.9. The highest BCUT2D eigenvalue weighted by molar-refractivity contribution is 9.10. The average Bonchev–Trinajstić information content (AvgIpc) is 3.51. The molecule has 0 saturated heterocycles. The van der Waals surface area contributed by atoms with Crippen LogP contribution in [0.2, 0.25) is 10.0 Å². The molecular weight excluding hydrogens is 700 g/mol. The lowest BCUT2D eigenvalue weighted by Crippen LogP contribution is -2.42. The van der Waals surface area contributed by atoms with Crippen molar-refractivity contribution in [3.63, 3.8) is 0 Å². The molecule has 7 nitrogen and oxygen atoms in total. The molecule has 3 amide bonds. The number of ether oxygens (including phenoxy) is 1. The molecule has 224 valence electrons. The highest BCUT2D eigenvalue weighted by Gasteiger charge is 2.67. The summed E-state index contributed by atoms with van der Waals surface area (Å²) in [5.41, 5.74) is 3.17. The van der Waals surface area contributed by atoms with E-state index in [1.54, 1.807) is 43.3 Å². The Morgan fingerprint density at radius 3 is 2.30 bits per heavy atom. The Morgan fingerprint density at radius 2 is 1.67 bits per heavy atom. The van der Waals surface area contributed by atoms with Crippen molar-refractivity contribution >= 4 is 97.3 Å². The normalized spacial score (nSPS) is 21.8. The molecule has 3 unspecified atom stereocenters. The third-order valence-corrected chi connectivity index (χ3v) is 9.70. The zero-order valence-electron chi connectivity index (χ0n) is 23.0. The standard InChI is InChI=1S/C31H26BrCl4N3O4/c1-15-10-20(38-29(42)43-30(3)9-8-16(30)2)5-7-24(15)39-27(40)22-14-21(4-6-23(22)34)37-28(41)26-25(31(26,35)36)17-11-18(32)13-19(33)12-17/h4-7,10-14,25-26H,2,8-9H2,1,3H3,(H,37,41)(H,38,42)(H,39,40). The first kappa shape index (κ1) is 31.7. The van der Waals surface area contributed by atoms with Gasteiger partial charge < -0.3 is 15.4 Å². The number of rotatable bonds is 7. The minimum atomic E-state index is -1.32. The molecule has 12 heteroatoms. The number of halogens is 5. The Balaban J connectivity index is 1.24. The first-order valence-corrected chi connectivity index (χ1v) is 15.5. The Kier molecular flexibility index (Phi) is 8.82. The van der Waals surface area contributed by atoms with Crippen LogP contribution in [0, 0.1) is 12.8 Å². The van der Waals surface area contributed by atoms with E-state index in [2.05, 4.69) is 38.5 Å². The van der Waals surface area contributed by atoms with Gasteiger partial charge in [0.1, 0.15) is 9.93 Å². The van der Waals surface area contributed by atoms with E-state index in [-0.39, 0.29) is 10.6 Å². The van der Waals surface area contributed by atoms with Crippen LogP contribution < -0.4 is 16.0 Å². The summed E-state index contributed by atoms with van der Waals surface area (Å²) in [7, 11) is 0. The first-order chi connectivity index (χ1) is 20.2. The maximum absolute atomic E-state index is 13.2. The number of aryl methyl sites for hydroxylation is 1. The van der Waals surface area contributed by atoms with Gasteiger partial charge in [-0.1, -0.05) is 45.7 Å². The lowest BCUT2D eigenvalue weighted by molar-refractivity contribution is -0.117. The van der Waals surface area contributed by atoms with Gasteiger partial charge in [-0.15, -0.1) is 23.2 Å². The van der Waals surface area contributed by atoms with E-state index in [9.17, 15) is 14.4 Å². The fourth-order valence-corrected chi connectivity index (χ4v) is 6.93. The molecule has 5 rings (SSSR count). The van der Waals surface area contributed by atoms with Crippen molar-refractivity contribution in [1.29, 1.82) is 0 Å². The average molecular weight is 726 g/mol. The molecule has 0 radical (unpaired) electrons. The third-order valence-electron chi connectivity index (χ3n) is 7.75. The van der Waals surface area contributed by atoms with E-state index in [1.165, 1.54) is 12.1 Å². The van der Waals surface area contributed by atoms with Gasteiger partial charge in [-0.25, -0.2) is 4.79 Å². The van der Waals surface area contributed by atoms with Gasteiger partial charge >= 0.3 is 6.09 Å². The van der Waals surface area contributed by atoms with Crippen LogP contribution in [0.25, 0.3) is 0 Å². The summed E-state index contributed by atoms with van der Waals surface area (Å²) in [6.07, 6.45) is 0.990. The third kappa shape index (κ3) is 6.69. The van der Waals surface area contributed by atoms with Gasteiger partial charge in [0.2, 0.25) is 5.91 Å². The fourth-order valence-electron chi connectivity index (χ4n) is 5.02. The summed E-state index contributed by atoms with van der Waals surface area (Å²) < 4.78 is 4.94.